The fourth-order valence-electron chi connectivity index (χ4n) is 3.83. The van der Waals surface area contributed by atoms with Crippen molar-refractivity contribution in [2.45, 2.75) is 58.3 Å². The highest BCUT2D eigenvalue weighted by molar-refractivity contribution is 6.13. The first-order valence-corrected chi connectivity index (χ1v) is 12.5. The fraction of sp³-hybridized carbons (Fsp3) is 0.312. The van der Waals surface area contributed by atoms with Crippen LogP contribution in [0.3, 0.4) is 0 Å². The van der Waals surface area contributed by atoms with Crippen molar-refractivity contribution in [3.8, 4) is 0 Å². The number of hydrogen-bond acceptors (Lipinski definition) is 4. The Kier molecular flexibility index (Phi) is 9.77. The molecular formula is C32H37NO3. The summed E-state index contributed by atoms with van der Waals surface area (Å²) in [5, 5.41) is 0. The summed E-state index contributed by atoms with van der Waals surface area (Å²) < 4.78 is 12.0. The van der Waals surface area contributed by atoms with Crippen LogP contribution in [0.5, 0.6) is 0 Å². The van der Waals surface area contributed by atoms with E-state index in [0.717, 1.165) is 22.4 Å². The van der Waals surface area contributed by atoms with Crippen LogP contribution >= 0.6 is 0 Å². The second-order valence-electron chi connectivity index (χ2n) is 9.79. The zero-order valence-corrected chi connectivity index (χ0v) is 21.8. The number of allylic oxidation sites excluding steroid dienone is 1. The second kappa shape index (κ2) is 13.0. The van der Waals surface area contributed by atoms with Gasteiger partial charge in [0.05, 0.1) is 12.3 Å². The number of ether oxygens (including phenoxy) is 2. The third-order valence-electron chi connectivity index (χ3n) is 5.66. The third kappa shape index (κ3) is 8.03. The lowest BCUT2D eigenvalue weighted by Gasteiger charge is -2.32. The molecule has 0 aliphatic rings. The van der Waals surface area contributed by atoms with Gasteiger partial charge in [0.25, 0.3) is 0 Å². The van der Waals surface area contributed by atoms with Crippen molar-refractivity contribution >= 4 is 11.7 Å². The molecule has 0 saturated heterocycles. The van der Waals surface area contributed by atoms with Crippen molar-refractivity contribution < 1.29 is 14.3 Å². The normalized spacial score (nSPS) is 13.2. The Hall–Kier alpha value is -3.50. The highest BCUT2D eigenvalue weighted by Crippen LogP contribution is 2.29. The molecule has 0 amide bonds. The van der Waals surface area contributed by atoms with E-state index in [2.05, 4.69) is 0 Å². The Morgan fingerprint density at radius 1 is 0.833 bits per heavy atom. The predicted octanol–water partition coefficient (Wildman–Crippen LogP) is 7.18. The highest BCUT2D eigenvalue weighted by atomic mass is 16.6. The highest BCUT2D eigenvalue weighted by Gasteiger charge is 2.41. The van der Waals surface area contributed by atoms with Crippen molar-refractivity contribution in [1.82, 2.24) is 0 Å². The van der Waals surface area contributed by atoms with Gasteiger partial charge in [-0.1, -0.05) is 103 Å². The van der Waals surface area contributed by atoms with Gasteiger partial charge >= 0.3 is 5.97 Å². The molecule has 0 spiro atoms. The first kappa shape index (κ1) is 27.1. The summed E-state index contributed by atoms with van der Waals surface area (Å²) in [6.45, 7) is 8.45. The van der Waals surface area contributed by atoms with E-state index in [1.807, 2.05) is 131 Å². The van der Waals surface area contributed by atoms with Gasteiger partial charge in [0.2, 0.25) is 0 Å². The van der Waals surface area contributed by atoms with E-state index in [1.54, 1.807) is 0 Å². The van der Waals surface area contributed by atoms with E-state index in [1.165, 1.54) is 0 Å². The largest absolute Gasteiger partial charge is 0.458 e. The van der Waals surface area contributed by atoms with E-state index in [0.29, 0.717) is 26.1 Å². The number of aliphatic imine (C=N–C) groups is 1. The number of carbonyl (C=O) groups excluding carboxylic acids is 1. The van der Waals surface area contributed by atoms with E-state index in [-0.39, 0.29) is 5.97 Å². The van der Waals surface area contributed by atoms with Crippen molar-refractivity contribution in [3.05, 3.63) is 120 Å². The van der Waals surface area contributed by atoms with Crippen LogP contribution in [-0.2, 0) is 20.9 Å². The Bertz CT molecular complexity index is 1090. The molecule has 1 atom stereocenters. The van der Waals surface area contributed by atoms with Crippen LogP contribution in [0.25, 0.3) is 0 Å². The molecule has 0 aliphatic carbocycles. The Morgan fingerprint density at radius 3 is 1.86 bits per heavy atom. The lowest BCUT2D eigenvalue weighted by molar-refractivity contribution is -0.162. The smallest absolute Gasteiger partial charge is 0.334 e. The molecule has 0 N–H and O–H groups in total. The molecule has 4 nitrogen and oxygen atoms in total. The molecule has 3 aromatic carbocycles. The Labute approximate surface area is 215 Å². The average molecular weight is 484 g/mol. The maximum absolute atomic E-state index is 13.8. The molecule has 188 valence electrons. The average Bonchev–Trinajstić information content (AvgIpc) is 2.88. The van der Waals surface area contributed by atoms with Gasteiger partial charge in [-0.15, -0.1) is 0 Å². The number of rotatable bonds is 11. The van der Waals surface area contributed by atoms with Crippen LogP contribution in [0.2, 0.25) is 0 Å². The summed E-state index contributed by atoms with van der Waals surface area (Å²) in [6.07, 6.45) is 4.74. The van der Waals surface area contributed by atoms with Crippen LogP contribution in [0.4, 0.5) is 0 Å². The first-order chi connectivity index (χ1) is 17.3. The van der Waals surface area contributed by atoms with Gasteiger partial charge in [-0.25, -0.2) is 4.79 Å². The zero-order valence-electron chi connectivity index (χ0n) is 21.8. The Balaban J connectivity index is 2.04. The zero-order chi connectivity index (χ0) is 25.9. The quantitative estimate of drug-likeness (QED) is 0.126. The molecule has 0 saturated carbocycles. The molecule has 0 aromatic heterocycles. The number of benzene rings is 3. The van der Waals surface area contributed by atoms with E-state index >= 15 is 0 Å². The molecule has 0 fully saturated rings. The molecule has 1 unspecified atom stereocenters. The lowest BCUT2D eigenvalue weighted by Crippen LogP contribution is -2.43. The lowest BCUT2D eigenvalue weighted by atomic mass is 9.89. The van der Waals surface area contributed by atoms with E-state index in [9.17, 15) is 4.79 Å². The number of nitrogens with zero attached hydrogens (tertiary/aromatic N) is 1. The standard InChI is InChI=1S/C32H37NO3/c1-5-6-22-32(30(34)36-31(2,3)4,23-24-35-25-26-16-10-7-11-17-26)33-29(27-18-12-8-13-19-27)28-20-14-9-15-21-28/h5-21H,22-25H2,1-4H3/b6-5+. The molecule has 0 aliphatic heterocycles. The summed E-state index contributed by atoms with van der Waals surface area (Å²) in [5.41, 5.74) is 1.96. The molecule has 4 heteroatoms. The predicted molar refractivity (Wildman–Crippen MR) is 147 cm³/mol. The molecule has 0 radical (unpaired) electrons. The van der Waals surface area contributed by atoms with Crippen LogP contribution in [-0.4, -0.2) is 29.4 Å². The Morgan fingerprint density at radius 2 is 1.36 bits per heavy atom. The van der Waals surface area contributed by atoms with Crippen LogP contribution in [0, 0.1) is 0 Å². The van der Waals surface area contributed by atoms with Gasteiger partial charge in [-0.05, 0) is 33.3 Å². The molecule has 3 aromatic rings. The van der Waals surface area contributed by atoms with Gasteiger partial charge in [-0.3, -0.25) is 4.99 Å². The van der Waals surface area contributed by atoms with Gasteiger partial charge in [0.15, 0.2) is 5.54 Å². The first-order valence-electron chi connectivity index (χ1n) is 12.5. The second-order valence-corrected chi connectivity index (χ2v) is 9.79. The van der Waals surface area contributed by atoms with E-state index < -0.39 is 11.1 Å². The summed E-state index contributed by atoms with van der Waals surface area (Å²) in [6, 6.07) is 30.0. The fourth-order valence-corrected chi connectivity index (χ4v) is 3.83. The maximum Gasteiger partial charge on any atom is 0.334 e. The van der Waals surface area contributed by atoms with Crippen molar-refractivity contribution in [1.29, 1.82) is 0 Å². The molecule has 36 heavy (non-hydrogen) atoms. The molecule has 3 rings (SSSR count). The SMILES string of the molecule is C/C=C/CC(CCOCc1ccccc1)(N=C(c1ccccc1)c1ccccc1)C(=O)OC(C)(C)C. The monoisotopic (exact) mass is 483 g/mol. The molecular weight excluding hydrogens is 446 g/mol. The van der Waals surface area contributed by atoms with Gasteiger partial charge < -0.3 is 9.47 Å². The van der Waals surface area contributed by atoms with E-state index in [4.69, 9.17) is 14.5 Å². The maximum atomic E-state index is 13.8. The number of carbonyl (C=O) groups is 1. The summed E-state index contributed by atoms with van der Waals surface area (Å²) >= 11 is 0. The summed E-state index contributed by atoms with van der Waals surface area (Å²) in [5.74, 6) is -0.347. The molecule has 0 heterocycles. The minimum Gasteiger partial charge on any atom is -0.458 e. The topological polar surface area (TPSA) is 47.9 Å². The number of hydrogen-bond donors (Lipinski definition) is 0. The van der Waals surface area contributed by atoms with Gasteiger partial charge in [-0.2, -0.15) is 0 Å². The van der Waals surface area contributed by atoms with Crippen molar-refractivity contribution in [2.75, 3.05) is 6.61 Å². The molecule has 0 bridgehead atoms. The van der Waals surface area contributed by atoms with Crippen molar-refractivity contribution in [2.24, 2.45) is 4.99 Å². The summed E-state index contributed by atoms with van der Waals surface area (Å²) in [7, 11) is 0. The van der Waals surface area contributed by atoms with Gasteiger partial charge in [0, 0.05) is 30.6 Å². The minimum absolute atomic E-state index is 0.347. The van der Waals surface area contributed by atoms with Gasteiger partial charge in [0.1, 0.15) is 5.60 Å². The number of esters is 1. The van der Waals surface area contributed by atoms with Crippen LogP contribution < -0.4 is 0 Å². The van der Waals surface area contributed by atoms with Crippen LogP contribution in [0.15, 0.2) is 108 Å². The third-order valence-corrected chi connectivity index (χ3v) is 5.66. The van der Waals surface area contributed by atoms with Crippen LogP contribution in [0.1, 0.15) is 57.2 Å². The minimum atomic E-state index is -1.14. The summed E-state index contributed by atoms with van der Waals surface area (Å²) in [4.78, 5) is 19.1. The van der Waals surface area contributed by atoms with Crippen molar-refractivity contribution in [3.63, 3.8) is 0 Å².